The summed E-state index contributed by atoms with van der Waals surface area (Å²) in [6.07, 6.45) is 1.57. The lowest BCUT2D eigenvalue weighted by atomic mass is 10.0. The van der Waals surface area contributed by atoms with E-state index < -0.39 is 28.3 Å². The van der Waals surface area contributed by atoms with E-state index in [9.17, 15) is 18.0 Å². The van der Waals surface area contributed by atoms with Crippen LogP contribution in [0.15, 0.2) is 84.3 Å². The maximum atomic E-state index is 13.8. The van der Waals surface area contributed by atoms with E-state index in [4.69, 9.17) is 27.9 Å². The lowest BCUT2D eigenvalue weighted by Gasteiger charge is -2.27. The highest BCUT2D eigenvalue weighted by molar-refractivity contribution is 7.92. The number of anilines is 1. The van der Waals surface area contributed by atoms with Crippen molar-refractivity contribution in [3.05, 3.63) is 101 Å². The molecule has 0 bridgehead atoms. The van der Waals surface area contributed by atoms with Crippen LogP contribution in [-0.2, 0) is 14.8 Å². The summed E-state index contributed by atoms with van der Waals surface area (Å²) in [6.45, 7) is 3.29. The maximum Gasteiger partial charge on any atom is 0.264 e. The summed E-state index contributed by atoms with van der Waals surface area (Å²) in [4.78, 5) is 27.4. The Morgan fingerprint density at radius 1 is 0.972 bits per heavy atom. The van der Waals surface area contributed by atoms with Gasteiger partial charge in [-0.1, -0.05) is 48.0 Å². The fraction of sp³-hybridized carbons (Fsp3) is 0.154. The summed E-state index contributed by atoms with van der Waals surface area (Å²) < 4.78 is 33.9. The van der Waals surface area contributed by atoms with Crippen molar-refractivity contribution in [1.29, 1.82) is 0 Å². The van der Waals surface area contributed by atoms with Gasteiger partial charge < -0.3 is 9.64 Å². The topological polar surface area (TPSA) is 84.0 Å². The number of amides is 1. The highest BCUT2D eigenvalue weighted by Crippen LogP contribution is 2.33. The Bertz CT molecular complexity index is 1390. The summed E-state index contributed by atoms with van der Waals surface area (Å²) in [7, 11) is -1.28. The minimum atomic E-state index is -4.30. The Morgan fingerprint density at radius 2 is 1.64 bits per heavy atom. The molecule has 0 fully saturated rings. The second-order valence-electron chi connectivity index (χ2n) is 7.84. The molecule has 0 aliphatic carbocycles. The Balaban J connectivity index is 2.16. The molecule has 0 saturated heterocycles. The Labute approximate surface area is 220 Å². The van der Waals surface area contributed by atoms with Crippen LogP contribution in [0.1, 0.15) is 15.9 Å². The summed E-state index contributed by atoms with van der Waals surface area (Å²) in [5, 5.41) is 0.413. The minimum Gasteiger partial charge on any atom is -0.490 e. The number of carbonyl (C=O) groups is 2. The predicted molar refractivity (Wildman–Crippen MR) is 142 cm³/mol. The van der Waals surface area contributed by atoms with Crippen molar-refractivity contribution in [3.8, 4) is 5.75 Å². The summed E-state index contributed by atoms with van der Waals surface area (Å²) in [5.41, 5.74) is 0.144. The number of hydrogen-bond donors (Lipinski definition) is 0. The normalized spacial score (nSPS) is 11.0. The number of rotatable bonds is 10. The number of halogens is 2. The SMILES string of the molecule is C=CCOc1ccc(S(=O)(=O)N(CC(=O)N(C)C)c2ccc(Cl)cc2C(=O)c2ccccc2Cl)cc1. The molecule has 3 aromatic rings. The molecule has 0 saturated carbocycles. The van der Waals surface area contributed by atoms with Crippen LogP contribution in [0.4, 0.5) is 5.69 Å². The third kappa shape index (κ3) is 6.07. The van der Waals surface area contributed by atoms with E-state index in [0.29, 0.717) is 5.75 Å². The van der Waals surface area contributed by atoms with Crippen LogP contribution in [0.3, 0.4) is 0 Å². The van der Waals surface area contributed by atoms with Crippen LogP contribution in [0, 0.1) is 0 Å². The zero-order valence-corrected chi connectivity index (χ0v) is 22.0. The minimum absolute atomic E-state index is 0.00787. The fourth-order valence-corrected chi connectivity index (χ4v) is 5.08. The number of carbonyl (C=O) groups excluding carboxylic acids is 2. The van der Waals surface area contributed by atoms with Crippen molar-refractivity contribution >= 4 is 50.6 Å². The lowest BCUT2D eigenvalue weighted by molar-refractivity contribution is -0.127. The molecule has 0 aliphatic heterocycles. The van der Waals surface area contributed by atoms with Crippen LogP contribution >= 0.6 is 23.2 Å². The predicted octanol–water partition coefficient (Wildman–Crippen LogP) is 5.07. The van der Waals surface area contributed by atoms with E-state index in [1.165, 1.54) is 67.5 Å². The van der Waals surface area contributed by atoms with Crippen LogP contribution in [0.25, 0.3) is 0 Å². The first-order valence-electron chi connectivity index (χ1n) is 10.7. The quantitative estimate of drug-likeness (QED) is 0.261. The van der Waals surface area contributed by atoms with E-state index in [1.807, 2.05) is 0 Å². The molecule has 0 unspecified atom stereocenters. The first-order valence-corrected chi connectivity index (χ1v) is 12.9. The van der Waals surface area contributed by atoms with Crippen LogP contribution in [0.5, 0.6) is 5.75 Å². The summed E-state index contributed by atoms with van der Waals surface area (Å²) in [6, 6.07) is 16.3. The molecule has 0 spiro atoms. The number of hydrogen-bond acceptors (Lipinski definition) is 5. The molecular formula is C26H24Cl2N2O5S. The molecule has 7 nitrogen and oxygen atoms in total. The molecule has 3 rings (SSSR count). The zero-order valence-electron chi connectivity index (χ0n) is 19.6. The van der Waals surface area contributed by atoms with Gasteiger partial charge in [0.15, 0.2) is 5.78 Å². The van der Waals surface area contributed by atoms with Crippen molar-refractivity contribution in [3.63, 3.8) is 0 Å². The third-order valence-electron chi connectivity index (χ3n) is 5.15. The molecule has 0 aliphatic rings. The van der Waals surface area contributed by atoms with Crippen LogP contribution < -0.4 is 9.04 Å². The van der Waals surface area contributed by atoms with Crippen molar-refractivity contribution in [2.24, 2.45) is 0 Å². The average Bonchev–Trinajstić information content (AvgIpc) is 2.86. The molecule has 0 radical (unpaired) electrons. The van der Waals surface area contributed by atoms with Crippen LogP contribution in [-0.4, -0.2) is 52.3 Å². The number of likely N-dealkylation sites (N-methyl/N-ethyl adjacent to an activating group) is 1. The standard InChI is InChI=1S/C26H24Cl2N2O5S/c1-4-15-35-19-10-12-20(13-11-19)36(33,34)30(17-25(31)29(2)3)24-14-9-18(27)16-22(24)26(32)21-7-5-6-8-23(21)28/h4-14,16H,1,15,17H2,2-3H3. The second kappa shape index (κ2) is 11.6. The van der Waals surface area contributed by atoms with E-state index in [2.05, 4.69) is 6.58 Å². The van der Waals surface area contributed by atoms with Gasteiger partial charge in [0.25, 0.3) is 10.0 Å². The third-order valence-corrected chi connectivity index (χ3v) is 7.49. The number of ketones is 1. The second-order valence-corrected chi connectivity index (χ2v) is 10.5. The summed E-state index contributed by atoms with van der Waals surface area (Å²) >= 11 is 12.4. The monoisotopic (exact) mass is 546 g/mol. The van der Waals surface area contributed by atoms with Crippen LogP contribution in [0.2, 0.25) is 10.0 Å². The fourth-order valence-electron chi connectivity index (χ4n) is 3.25. The van der Waals surface area contributed by atoms with E-state index >= 15 is 0 Å². The van der Waals surface area contributed by atoms with E-state index in [0.717, 1.165) is 4.31 Å². The van der Waals surface area contributed by atoms with E-state index in [1.54, 1.807) is 24.3 Å². The number of nitrogens with zero attached hydrogens (tertiary/aromatic N) is 2. The molecule has 1 amide bonds. The van der Waals surface area contributed by atoms with Gasteiger partial charge in [0.2, 0.25) is 5.91 Å². The van der Waals surface area contributed by atoms with Crippen molar-refractivity contribution in [2.45, 2.75) is 4.90 Å². The molecule has 188 valence electrons. The highest BCUT2D eigenvalue weighted by atomic mass is 35.5. The Hall–Kier alpha value is -3.33. The van der Waals surface area contributed by atoms with Crippen molar-refractivity contribution < 1.29 is 22.7 Å². The molecule has 0 N–H and O–H groups in total. The molecule has 3 aromatic carbocycles. The maximum absolute atomic E-state index is 13.8. The largest absolute Gasteiger partial charge is 0.490 e. The van der Waals surface area contributed by atoms with Gasteiger partial charge >= 0.3 is 0 Å². The zero-order chi connectivity index (χ0) is 26.5. The van der Waals surface area contributed by atoms with Gasteiger partial charge in [-0.2, -0.15) is 0 Å². The smallest absolute Gasteiger partial charge is 0.264 e. The Morgan fingerprint density at radius 3 is 2.25 bits per heavy atom. The average molecular weight is 547 g/mol. The molecular weight excluding hydrogens is 523 g/mol. The Kier molecular flexibility index (Phi) is 8.79. The van der Waals surface area contributed by atoms with Gasteiger partial charge in [-0.3, -0.25) is 13.9 Å². The number of ether oxygens (including phenoxy) is 1. The highest BCUT2D eigenvalue weighted by Gasteiger charge is 2.31. The molecule has 36 heavy (non-hydrogen) atoms. The van der Waals surface area contributed by atoms with Gasteiger partial charge in [0.1, 0.15) is 18.9 Å². The molecule has 0 atom stereocenters. The number of sulfonamides is 1. The summed E-state index contributed by atoms with van der Waals surface area (Å²) in [5.74, 6) is -0.578. The molecule has 0 aromatic heterocycles. The van der Waals surface area contributed by atoms with Gasteiger partial charge in [0.05, 0.1) is 15.6 Å². The number of benzene rings is 3. The van der Waals surface area contributed by atoms with Crippen molar-refractivity contribution in [1.82, 2.24) is 4.90 Å². The van der Waals surface area contributed by atoms with Gasteiger partial charge in [0, 0.05) is 30.2 Å². The van der Waals surface area contributed by atoms with E-state index in [-0.39, 0.29) is 38.4 Å². The van der Waals surface area contributed by atoms with Crippen molar-refractivity contribution in [2.75, 3.05) is 31.6 Å². The van der Waals surface area contributed by atoms with Gasteiger partial charge in [-0.15, -0.1) is 0 Å². The first kappa shape index (κ1) is 27.3. The molecule has 0 heterocycles. The first-order chi connectivity index (χ1) is 17.1. The lowest BCUT2D eigenvalue weighted by Crippen LogP contribution is -2.41. The van der Waals surface area contributed by atoms with Gasteiger partial charge in [-0.25, -0.2) is 8.42 Å². The molecule has 10 heteroatoms. The van der Waals surface area contributed by atoms with Gasteiger partial charge in [-0.05, 0) is 54.6 Å².